The van der Waals surface area contributed by atoms with Gasteiger partial charge in [-0.1, -0.05) is 18.2 Å². The second kappa shape index (κ2) is 5.48. The molecular weight excluding hydrogens is 344 g/mol. The second-order valence-electron chi connectivity index (χ2n) is 3.82. The number of hydrogen-bond donors (Lipinski definition) is 0. The average Bonchev–Trinajstić information content (AvgIpc) is 2.38. The zero-order valence-corrected chi connectivity index (χ0v) is 11.9. The van der Waals surface area contributed by atoms with Crippen LogP contribution in [0.25, 0.3) is 0 Å². The van der Waals surface area contributed by atoms with Crippen molar-refractivity contribution in [2.75, 3.05) is 11.9 Å². The van der Waals surface area contributed by atoms with Crippen LogP contribution in [0.1, 0.15) is 10.4 Å². The van der Waals surface area contributed by atoms with Crippen LogP contribution in [0, 0.1) is 9.39 Å². The molecule has 0 aliphatic rings. The minimum Gasteiger partial charge on any atom is -0.311 e. The van der Waals surface area contributed by atoms with Crippen LogP contribution in [0.5, 0.6) is 0 Å². The quantitative estimate of drug-likeness (QED) is 0.753. The third-order valence-electron chi connectivity index (χ3n) is 2.61. The Morgan fingerprint density at radius 1 is 1.17 bits per heavy atom. The van der Waals surface area contributed by atoms with Gasteiger partial charge in [0.1, 0.15) is 5.82 Å². The van der Waals surface area contributed by atoms with Gasteiger partial charge in [-0.05, 0) is 52.9 Å². The fourth-order valence-corrected chi connectivity index (χ4v) is 2.32. The Morgan fingerprint density at radius 3 is 2.44 bits per heavy atom. The van der Waals surface area contributed by atoms with E-state index in [0.29, 0.717) is 9.13 Å². The number of rotatable bonds is 2. The molecule has 0 spiro atoms. The van der Waals surface area contributed by atoms with Crippen molar-refractivity contribution in [1.82, 2.24) is 0 Å². The third-order valence-corrected chi connectivity index (χ3v) is 3.50. The smallest absolute Gasteiger partial charge is 0.259 e. The van der Waals surface area contributed by atoms with Crippen molar-refractivity contribution in [2.24, 2.45) is 0 Å². The van der Waals surface area contributed by atoms with E-state index in [2.05, 4.69) is 0 Å². The lowest BCUT2D eigenvalue weighted by Crippen LogP contribution is -2.26. The zero-order valence-electron chi connectivity index (χ0n) is 9.73. The minimum absolute atomic E-state index is 0.148. The van der Waals surface area contributed by atoms with Gasteiger partial charge in [0, 0.05) is 16.3 Å². The Kier molecular flexibility index (Phi) is 3.96. The average molecular weight is 355 g/mol. The maximum atomic E-state index is 13.0. The third kappa shape index (κ3) is 2.69. The van der Waals surface area contributed by atoms with E-state index in [0.717, 1.165) is 5.69 Å². The number of carbonyl (C=O) groups excluding carboxylic acids is 1. The predicted molar refractivity (Wildman–Crippen MR) is 78.3 cm³/mol. The SMILES string of the molecule is CN(C(=O)c1ccc(F)cc1I)c1ccccc1. The molecule has 0 aromatic heterocycles. The summed E-state index contributed by atoms with van der Waals surface area (Å²) in [6, 6.07) is 13.5. The van der Waals surface area contributed by atoms with Crippen LogP contribution in [-0.4, -0.2) is 13.0 Å². The number of anilines is 1. The molecule has 0 atom stereocenters. The highest BCUT2D eigenvalue weighted by Gasteiger charge is 2.16. The van der Waals surface area contributed by atoms with Gasteiger partial charge in [-0.2, -0.15) is 0 Å². The molecule has 1 amide bonds. The van der Waals surface area contributed by atoms with Gasteiger partial charge in [0.15, 0.2) is 0 Å². The lowest BCUT2D eigenvalue weighted by atomic mass is 10.2. The Hall–Kier alpha value is -1.43. The molecule has 18 heavy (non-hydrogen) atoms. The van der Waals surface area contributed by atoms with E-state index in [1.165, 1.54) is 18.2 Å². The maximum absolute atomic E-state index is 13.0. The number of amides is 1. The zero-order chi connectivity index (χ0) is 13.1. The summed E-state index contributed by atoms with van der Waals surface area (Å²) in [4.78, 5) is 13.8. The van der Waals surface area contributed by atoms with Gasteiger partial charge in [-0.15, -0.1) is 0 Å². The maximum Gasteiger partial charge on any atom is 0.259 e. The van der Waals surface area contributed by atoms with Crippen LogP contribution in [0.15, 0.2) is 48.5 Å². The van der Waals surface area contributed by atoms with Gasteiger partial charge in [-0.3, -0.25) is 4.79 Å². The molecule has 2 aromatic rings. The van der Waals surface area contributed by atoms with Gasteiger partial charge in [0.05, 0.1) is 5.56 Å². The van der Waals surface area contributed by atoms with Gasteiger partial charge < -0.3 is 4.90 Å². The van der Waals surface area contributed by atoms with Crippen LogP contribution in [0.2, 0.25) is 0 Å². The molecule has 2 aromatic carbocycles. The number of halogens is 2. The molecule has 0 aliphatic heterocycles. The highest BCUT2D eigenvalue weighted by Crippen LogP contribution is 2.19. The molecule has 0 heterocycles. The van der Waals surface area contributed by atoms with E-state index in [-0.39, 0.29) is 11.7 Å². The van der Waals surface area contributed by atoms with Crippen LogP contribution in [0.4, 0.5) is 10.1 Å². The van der Waals surface area contributed by atoms with E-state index in [9.17, 15) is 9.18 Å². The number of carbonyl (C=O) groups is 1. The minimum atomic E-state index is -0.335. The predicted octanol–water partition coefficient (Wildman–Crippen LogP) is 3.71. The number of nitrogens with zero attached hydrogens (tertiary/aromatic N) is 1. The molecular formula is C14H11FINO. The summed E-state index contributed by atoms with van der Waals surface area (Å²) in [7, 11) is 1.71. The number of hydrogen-bond acceptors (Lipinski definition) is 1. The summed E-state index contributed by atoms with van der Waals surface area (Å²) in [5.41, 5.74) is 1.31. The Morgan fingerprint density at radius 2 is 1.83 bits per heavy atom. The van der Waals surface area contributed by atoms with Crippen LogP contribution in [-0.2, 0) is 0 Å². The highest BCUT2D eigenvalue weighted by molar-refractivity contribution is 14.1. The Labute approximate surface area is 119 Å². The monoisotopic (exact) mass is 355 g/mol. The van der Waals surface area contributed by atoms with Gasteiger partial charge in [0.2, 0.25) is 0 Å². The van der Waals surface area contributed by atoms with Gasteiger partial charge in [-0.25, -0.2) is 4.39 Å². The summed E-state index contributed by atoms with van der Waals surface area (Å²) >= 11 is 1.97. The van der Waals surface area contributed by atoms with Crippen molar-refractivity contribution < 1.29 is 9.18 Å². The molecule has 2 rings (SSSR count). The summed E-state index contributed by atoms with van der Waals surface area (Å²) < 4.78 is 13.6. The normalized spacial score (nSPS) is 10.2. The molecule has 0 fully saturated rings. The first-order chi connectivity index (χ1) is 8.59. The first-order valence-corrected chi connectivity index (χ1v) is 6.45. The standard InChI is InChI=1S/C14H11FINO/c1-17(11-5-3-2-4-6-11)14(18)12-8-7-10(15)9-13(12)16/h2-9H,1H3. The fourth-order valence-electron chi connectivity index (χ4n) is 1.61. The molecule has 0 bridgehead atoms. The fraction of sp³-hybridized carbons (Fsp3) is 0.0714. The molecule has 0 radical (unpaired) electrons. The summed E-state index contributed by atoms with van der Waals surface area (Å²) in [5, 5.41) is 0. The lowest BCUT2D eigenvalue weighted by molar-refractivity contribution is 0.0992. The van der Waals surface area contributed by atoms with E-state index >= 15 is 0 Å². The summed E-state index contributed by atoms with van der Waals surface area (Å²) in [6.07, 6.45) is 0. The molecule has 4 heteroatoms. The van der Waals surface area contributed by atoms with E-state index < -0.39 is 0 Å². The first-order valence-electron chi connectivity index (χ1n) is 5.38. The Balaban J connectivity index is 2.32. The summed E-state index contributed by atoms with van der Waals surface area (Å²) in [6.45, 7) is 0. The van der Waals surface area contributed by atoms with Crippen LogP contribution >= 0.6 is 22.6 Å². The summed E-state index contributed by atoms with van der Waals surface area (Å²) in [5.74, 6) is -0.482. The second-order valence-corrected chi connectivity index (χ2v) is 4.99. The molecule has 0 saturated carbocycles. The van der Waals surface area contributed by atoms with E-state index in [1.807, 2.05) is 52.9 Å². The number of benzene rings is 2. The molecule has 0 N–H and O–H groups in total. The first kappa shape index (κ1) is 13.0. The van der Waals surface area contributed by atoms with Gasteiger partial charge in [0.25, 0.3) is 5.91 Å². The van der Waals surface area contributed by atoms with Crippen molar-refractivity contribution in [3.05, 3.63) is 63.5 Å². The molecule has 92 valence electrons. The van der Waals surface area contributed by atoms with Crippen molar-refractivity contribution in [2.45, 2.75) is 0 Å². The van der Waals surface area contributed by atoms with E-state index in [1.54, 1.807) is 11.9 Å². The van der Waals surface area contributed by atoms with Crippen molar-refractivity contribution >= 4 is 34.2 Å². The van der Waals surface area contributed by atoms with Gasteiger partial charge >= 0.3 is 0 Å². The topological polar surface area (TPSA) is 20.3 Å². The largest absolute Gasteiger partial charge is 0.311 e. The number of para-hydroxylation sites is 1. The molecule has 0 unspecified atom stereocenters. The molecule has 0 saturated heterocycles. The molecule has 2 nitrogen and oxygen atoms in total. The van der Waals surface area contributed by atoms with Crippen LogP contribution in [0.3, 0.4) is 0 Å². The Bertz CT molecular complexity index is 571. The molecule has 0 aliphatic carbocycles. The highest BCUT2D eigenvalue weighted by atomic mass is 127. The van der Waals surface area contributed by atoms with Crippen molar-refractivity contribution in [3.8, 4) is 0 Å². The lowest BCUT2D eigenvalue weighted by Gasteiger charge is -2.18. The van der Waals surface area contributed by atoms with E-state index in [4.69, 9.17) is 0 Å². The van der Waals surface area contributed by atoms with Crippen LogP contribution < -0.4 is 4.90 Å². The van der Waals surface area contributed by atoms with Crippen molar-refractivity contribution in [3.63, 3.8) is 0 Å². The van der Waals surface area contributed by atoms with Crippen molar-refractivity contribution in [1.29, 1.82) is 0 Å².